The topological polar surface area (TPSA) is 125 Å². The summed E-state index contributed by atoms with van der Waals surface area (Å²) < 4.78 is 6.45. The molecule has 10 heteroatoms. The highest BCUT2D eigenvalue weighted by atomic mass is 32.3. The van der Waals surface area contributed by atoms with Crippen LogP contribution in [0.3, 0.4) is 0 Å². The van der Waals surface area contributed by atoms with Crippen LogP contribution in [0, 0.1) is 10.1 Å². The Morgan fingerprint density at radius 1 is 1.23 bits per heavy atom. The quantitative estimate of drug-likeness (QED) is 0.255. The molecule has 2 aromatic heterocycles. The molecule has 1 aromatic carbocycles. The Morgan fingerprint density at radius 2 is 1.94 bits per heavy atom. The van der Waals surface area contributed by atoms with Gasteiger partial charge in [-0.3, -0.25) is 19.5 Å². The molecule has 0 amide bonds. The molecule has 0 unspecified atom stereocenters. The lowest BCUT2D eigenvalue weighted by Gasteiger charge is -2.31. The number of carbonyl (C=O) groups is 1. The van der Waals surface area contributed by atoms with Crippen molar-refractivity contribution in [2.24, 2.45) is 0 Å². The van der Waals surface area contributed by atoms with Crippen LogP contribution in [-0.2, 0) is 34.7 Å². The number of cyclic esters (lactones) is 1. The number of hydrogen-bond donors (Lipinski definition) is 1. The third-order valence-electron chi connectivity index (χ3n) is 6.95. The second kappa shape index (κ2) is 7.89. The molecule has 1 atom stereocenters. The van der Waals surface area contributed by atoms with Gasteiger partial charge in [0.25, 0.3) is 5.56 Å². The largest absolute Gasteiger partial charge is 0.458 e. The summed E-state index contributed by atoms with van der Waals surface area (Å²) in [5.41, 5.74) is -0.640. The van der Waals surface area contributed by atoms with Crippen LogP contribution in [0.1, 0.15) is 35.6 Å². The highest BCUT2D eigenvalue weighted by Gasteiger charge is 2.52. The SMILES string of the molecule is CC[C@@]1(O)C(=O)OCc2c1c([N+](=O)[O-])c1n(c2=O)Cc2c-1nc1ccccc1c2CCS(C)(C)C. The van der Waals surface area contributed by atoms with E-state index in [0.29, 0.717) is 11.2 Å². The third kappa shape index (κ3) is 3.46. The van der Waals surface area contributed by atoms with E-state index in [1.165, 1.54) is 11.5 Å². The normalized spacial score (nSPS) is 19.2. The zero-order valence-corrected chi connectivity index (χ0v) is 20.9. The number of para-hydroxylation sites is 1. The Balaban J connectivity index is 1.88. The molecule has 0 saturated carbocycles. The first kappa shape index (κ1) is 23.5. The van der Waals surface area contributed by atoms with Crippen molar-refractivity contribution in [3.05, 3.63) is 67.0 Å². The second-order valence-electron chi connectivity index (χ2n) is 9.97. The van der Waals surface area contributed by atoms with E-state index in [1.807, 2.05) is 24.3 Å². The van der Waals surface area contributed by atoms with Crippen molar-refractivity contribution in [1.29, 1.82) is 0 Å². The Labute approximate surface area is 203 Å². The zero-order valence-electron chi connectivity index (χ0n) is 20.1. The van der Waals surface area contributed by atoms with E-state index < -0.39 is 44.4 Å². The summed E-state index contributed by atoms with van der Waals surface area (Å²) in [6.45, 7) is 1.25. The van der Waals surface area contributed by atoms with E-state index >= 15 is 0 Å². The summed E-state index contributed by atoms with van der Waals surface area (Å²) in [6, 6.07) is 7.64. The zero-order chi connectivity index (χ0) is 25.3. The molecule has 0 bridgehead atoms. The van der Waals surface area contributed by atoms with Gasteiger partial charge in [0.05, 0.1) is 33.8 Å². The van der Waals surface area contributed by atoms with Gasteiger partial charge >= 0.3 is 11.7 Å². The minimum absolute atomic E-state index is 0.0467. The van der Waals surface area contributed by atoms with Crippen molar-refractivity contribution in [3.63, 3.8) is 0 Å². The molecular weight excluding hydrogens is 470 g/mol. The summed E-state index contributed by atoms with van der Waals surface area (Å²) >= 11 is 0. The first-order valence-corrected chi connectivity index (χ1v) is 14.4. The number of fused-ring (bicyclic) bond motifs is 5. The lowest BCUT2D eigenvalue weighted by Crippen LogP contribution is -2.45. The highest BCUT2D eigenvalue weighted by Crippen LogP contribution is 2.47. The summed E-state index contributed by atoms with van der Waals surface area (Å²) in [6.07, 6.45) is 7.28. The minimum Gasteiger partial charge on any atom is -0.458 e. The number of aliphatic hydroxyl groups is 1. The van der Waals surface area contributed by atoms with Crippen LogP contribution in [-0.4, -0.2) is 50.1 Å². The van der Waals surface area contributed by atoms with Crippen LogP contribution < -0.4 is 5.56 Å². The molecule has 1 N–H and O–H groups in total. The van der Waals surface area contributed by atoms with Crippen molar-refractivity contribution < 1.29 is 19.6 Å². The number of benzene rings is 1. The van der Waals surface area contributed by atoms with Gasteiger partial charge in [0, 0.05) is 10.9 Å². The number of hydrogen-bond acceptors (Lipinski definition) is 7. The van der Waals surface area contributed by atoms with Gasteiger partial charge in [0.15, 0.2) is 5.60 Å². The standard InChI is InChI=1S/C25H27N3O6S/c1-5-25(31)19-17(13-34-24(25)30)23(29)27-12-16-14(10-11-35(2,3)4)15-8-6-7-9-18(15)26-20(16)22(27)21(19)28(32)33/h6-9,31H,5,10-13H2,1-4H3/t25-/m0/s1. The van der Waals surface area contributed by atoms with E-state index in [9.17, 15) is 24.8 Å². The second-order valence-corrected chi connectivity index (χ2v) is 14.6. The van der Waals surface area contributed by atoms with Crippen molar-refractivity contribution in [3.8, 4) is 11.4 Å². The monoisotopic (exact) mass is 497 g/mol. The van der Waals surface area contributed by atoms with Gasteiger partial charge in [0.1, 0.15) is 12.3 Å². The maximum atomic E-state index is 13.6. The number of aromatic nitrogens is 2. The number of rotatable bonds is 5. The molecular formula is C25H27N3O6S. The van der Waals surface area contributed by atoms with E-state index in [4.69, 9.17) is 9.72 Å². The highest BCUT2D eigenvalue weighted by molar-refractivity contribution is 8.32. The molecule has 0 radical (unpaired) electrons. The maximum absolute atomic E-state index is 13.6. The van der Waals surface area contributed by atoms with Crippen LogP contribution in [0.5, 0.6) is 0 Å². The molecule has 0 spiro atoms. The lowest BCUT2D eigenvalue weighted by atomic mass is 9.84. The number of nitrogens with zero attached hydrogens (tertiary/aromatic N) is 3. The fourth-order valence-electron chi connectivity index (χ4n) is 5.13. The summed E-state index contributed by atoms with van der Waals surface area (Å²) in [5.74, 6) is -0.0339. The van der Waals surface area contributed by atoms with Gasteiger partial charge in [-0.25, -0.2) is 19.8 Å². The van der Waals surface area contributed by atoms with E-state index in [1.54, 1.807) is 0 Å². The molecule has 9 nitrogen and oxygen atoms in total. The predicted octanol–water partition coefficient (Wildman–Crippen LogP) is 3.22. The summed E-state index contributed by atoms with van der Waals surface area (Å²) in [7, 11) is -0.828. The van der Waals surface area contributed by atoms with Crippen LogP contribution in [0.2, 0.25) is 0 Å². The van der Waals surface area contributed by atoms with Crippen LogP contribution >= 0.6 is 10.0 Å². The Morgan fingerprint density at radius 3 is 2.60 bits per heavy atom. The summed E-state index contributed by atoms with van der Waals surface area (Å²) in [5, 5.41) is 24.6. The van der Waals surface area contributed by atoms with Gasteiger partial charge in [-0.1, -0.05) is 25.1 Å². The van der Waals surface area contributed by atoms with Crippen molar-refractivity contribution in [1.82, 2.24) is 9.55 Å². The Kier molecular flexibility index (Phi) is 5.30. The predicted molar refractivity (Wildman–Crippen MR) is 135 cm³/mol. The van der Waals surface area contributed by atoms with Gasteiger partial charge in [-0.15, -0.1) is 0 Å². The van der Waals surface area contributed by atoms with E-state index in [2.05, 4.69) is 18.8 Å². The first-order valence-electron chi connectivity index (χ1n) is 11.4. The number of aryl methyl sites for hydroxylation is 1. The minimum atomic E-state index is -2.28. The fraction of sp³-hybridized carbons (Fsp3) is 0.400. The van der Waals surface area contributed by atoms with Gasteiger partial charge in [0.2, 0.25) is 0 Å². The number of ether oxygens (including phenoxy) is 1. The number of pyridine rings is 2. The van der Waals surface area contributed by atoms with Crippen LogP contribution in [0.15, 0.2) is 29.1 Å². The maximum Gasteiger partial charge on any atom is 0.343 e. The van der Waals surface area contributed by atoms with Gasteiger partial charge in [-0.05, 0) is 49.0 Å². The molecule has 5 rings (SSSR count). The molecule has 4 heterocycles. The average Bonchev–Trinajstić information content (AvgIpc) is 3.18. The Hall–Kier alpha value is -3.24. The summed E-state index contributed by atoms with van der Waals surface area (Å²) in [4.78, 5) is 42.8. The number of carbonyl (C=O) groups excluding carboxylic acids is 1. The smallest absolute Gasteiger partial charge is 0.343 e. The molecule has 184 valence electrons. The molecule has 2 aliphatic heterocycles. The lowest BCUT2D eigenvalue weighted by molar-refractivity contribution is -0.386. The molecule has 0 saturated heterocycles. The number of nitro groups is 1. The molecule has 3 aromatic rings. The average molecular weight is 498 g/mol. The first-order chi connectivity index (χ1) is 16.5. The van der Waals surface area contributed by atoms with E-state index in [0.717, 1.165) is 28.7 Å². The van der Waals surface area contributed by atoms with E-state index in [-0.39, 0.29) is 29.8 Å². The third-order valence-corrected chi connectivity index (χ3v) is 8.37. The number of esters is 1. The van der Waals surface area contributed by atoms with Crippen molar-refractivity contribution in [2.75, 3.05) is 24.5 Å². The van der Waals surface area contributed by atoms with Crippen LogP contribution in [0.4, 0.5) is 5.69 Å². The molecule has 0 aliphatic carbocycles. The van der Waals surface area contributed by atoms with Crippen molar-refractivity contribution in [2.45, 2.75) is 38.5 Å². The van der Waals surface area contributed by atoms with Crippen molar-refractivity contribution >= 4 is 32.6 Å². The molecule has 35 heavy (non-hydrogen) atoms. The van der Waals surface area contributed by atoms with Gasteiger partial charge < -0.3 is 9.84 Å². The Bertz CT molecular complexity index is 1490. The molecule has 0 fully saturated rings. The molecule has 2 aliphatic rings. The van der Waals surface area contributed by atoms with Gasteiger partial charge in [-0.2, -0.15) is 0 Å². The van der Waals surface area contributed by atoms with Crippen LogP contribution in [0.25, 0.3) is 22.3 Å². The fourth-order valence-corrected chi connectivity index (χ4v) is 5.94.